The van der Waals surface area contributed by atoms with E-state index in [0.717, 1.165) is 0 Å². The maximum Gasteiger partial charge on any atom is 0.326 e. The number of carbonyl (C=O) groups is 6. The number of amides is 5. The number of carboxylic acids is 1. The Labute approximate surface area is 223 Å². The summed E-state index contributed by atoms with van der Waals surface area (Å²) in [5, 5.41) is 35.0. The first kappa shape index (κ1) is 31.0. The number of primary amides is 1. The lowest BCUT2D eigenvalue weighted by atomic mass is 10.1. The van der Waals surface area contributed by atoms with E-state index >= 15 is 0 Å². The summed E-state index contributed by atoms with van der Waals surface area (Å²) in [7, 11) is 0. The number of benzene rings is 1. The molecule has 5 amide bonds. The SMILES string of the molecule is NC(=O)CC[C@H](NC(=O)[C@@H]1CCCN1C(=O)[C@@H](N)CO)C(=O)NCC(=O)N[C@@H](Cc1ccc(O)cc1)C(=O)O. The van der Waals surface area contributed by atoms with Crippen molar-refractivity contribution in [3.63, 3.8) is 0 Å². The van der Waals surface area contributed by atoms with Crippen LogP contribution in [0, 0.1) is 0 Å². The van der Waals surface area contributed by atoms with Crippen LogP contribution in [0.15, 0.2) is 24.3 Å². The van der Waals surface area contributed by atoms with Crippen LogP contribution < -0.4 is 27.4 Å². The molecule has 15 nitrogen and oxygen atoms in total. The number of nitrogens with zero attached hydrogens (tertiary/aromatic N) is 1. The minimum atomic E-state index is -1.32. The molecular weight excluding hydrogens is 516 g/mol. The molecule has 1 saturated heterocycles. The van der Waals surface area contributed by atoms with Crippen molar-refractivity contribution in [2.45, 2.75) is 56.3 Å². The Bertz CT molecular complexity index is 1060. The van der Waals surface area contributed by atoms with Crippen LogP contribution in [0.2, 0.25) is 0 Å². The van der Waals surface area contributed by atoms with E-state index in [1.54, 1.807) is 0 Å². The molecule has 39 heavy (non-hydrogen) atoms. The third-order valence-corrected chi connectivity index (χ3v) is 6.10. The molecule has 0 aliphatic carbocycles. The Balaban J connectivity index is 2.00. The highest BCUT2D eigenvalue weighted by Crippen LogP contribution is 2.19. The number of carboxylic acid groups (broad SMARTS) is 1. The fourth-order valence-corrected chi connectivity index (χ4v) is 4.02. The zero-order chi connectivity index (χ0) is 29.1. The van der Waals surface area contributed by atoms with Crippen molar-refractivity contribution in [3.05, 3.63) is 29.8 Å². The number of aliphatic hydroxyl groups is 1. The number of likely N-dealkylation sites (tertiary alicyclic amines) is 1. The number of aromatic hydroxyl groups is 1. The van der Waals surface area contributed by atoms with E-state index in [9.17, 15) is 39.0 Å². The monoisotopic (exact) mass is 550 g/mol. The van der Waals surface area contributed by atoms with Crippen molar-refractivity contribution in [3.8, 4) is 5.75 Å². The van der Waals surface area contributed by atoms with Gasteiger partial charge in [-0.15, -0.1) is 0 Å². The molecule has 1 heterocycles. The molecule has 4 atom stereocenters. The van der Waals surface area contributed by atoms with Crippen molar-refractivity contribution in [2.75, 3.05) is 19.7 Å². The van der Waals surface area contributed by atoms with Gasteiger partial charge in [0.05, 0.1) is 13.2 Å². The lowest BCUT2D eigenvalue weighted by Crippen LogP contribution is -2.56. The minimum absolute atomic E-state index is 0.00340. The molecule has 2 rings (SSSR count). The van der Waals surface area contributed by atoms with Crippen LogP contribution in [0.3, 0.4) is 0 Å². The predicted molar refractivity (Wildman–Crippen MR) is 135 cm³/mol. The van der Waals surface area contributed by atoms with Crippen molar-refractivity contribution in [1.29, 1.82) is 0 Å². The number of phenolic OH excluding ortho intramolecular Hbond substituents is 1. The minimum Gasteiger partial charge on any atom is -0.508 e. The summed E-state index contributed by atoms with van der Waals surface area (Å²) in [4.78, 5) is 74.6. The highest BCUT2D eigenvalue weighted by atomic mass is 16.4. The third kappa shape index (κ3) is 9.54. The molecule has 0 spiro atoms. The van der Waals surface area contributed by atoms with Crippen molar-refractivity contribution >= 4 is 35.5 Å². The summed E-state index contributed by atoms with van der Waals surface area (Å²) < 4.78 is 0. The molecule has 214 valence electrons. The van der Waals surface area contributed by atoms with Gasteiger partial charge in [0, 0.05) is 19.4 Å². The maximum atomic E-state index is 12.9. The number of carbonyl (C=O) groups excluding carboxylic acids is 5. The van der Waals surface area contributed by atoms with Crippen molar-refractivity contribution in [1.82, 2.24) is 20.9 Å². The molecule has 15 heteroatoms. The van der Waals surface area contributed by atoms with Gasteiger partial charge in [0.1, 0.15) is 29.9 Å². The van der Waals surface area contributed by atoms with E-state index in [-0.39, 0.29) is 31.6 Å². The van der Waals surface area contributed by atoms with Crippen molar-refractivity contribution in [2.24, 2.45) is 11.5 Å². The van der Waals surface area contributed by atoms with Crippen molar-refractivity contribution < 1.29 is 44.1 Å². The number of aliphatic hydroxyl groups excluding tert-OH is 1. The van der Waals surface area contributed by atoms with E-state index in [1.165, 1.54) is 29.2 Å². The van der Waals surface area contributed by atoms with Gasteiger partial charge in [-0.2, -0.15) is 0 Å². The number of rotatable bonds is 14. The molecule has 1 fully saturated rings. The van der Waals surface area contributed by atoms with Crippen LogP contribution in [-0.4, -0.2) is 99.6 Å². The molecule has 0 saturated carbocycles. The first-order valence-electron chi connectivity index (χ1n) is 12.3. The maximum absolute atomic E-state index is 12.9. The second-order valence-electron chi connectivity index (χ2n) is 9.09. The quantitative estimate of drug-likeness (QED) is 0.114. The predicted octanol–water partition coefficient (Wildman–Crippen LogP) is -3.32. The number of nitrogens with one attached hydrogen (secondary N) is 3. The summed E-state index contributed by atoms with van der Waals surface area (Å²) in [5.41, 5.74) is 11.3. The average molecular weight is 551 g/mol. The Morgan fingerprint density at radius 2 is 1.72 bits per heavy atom. The van der Waals surface area contributed by atoms with E-state index in [1.807, 2.05) is 0 Å². The molecule has 1 aliphatic heterocycles. The highest BCUT2D eigenvalue weighted by molar-refractivity contribution is 5.95. The van der Waals surface area contributed by atoms with Crippen LogP contribution >= 0.6 is 0 Å². The molecular formula is C24H34N6O9. The smallest absolute Gasteiger partial charge is 0.326 e. The molecule has 0 bridgehead atoms. The molecule has 1 aromatic carbocycles. The number of nitrogens with two attached hydrogens (primary N) is 2. The Hall–Kier alpha value is -4.24. The molecule has 1 aliphatic rings. The molecule has 0 radical (unpaired) electrons. The Morgan fingerprint density at radius 1 is 1.05 bits per heavy atom. The summed E-state index contributed by atoms with van der Waals surface area (Å²) in [6.45, 7) is -0.995. The molecule has 10 N–H and O–H groups in total. The van der Waals surface area contributed by atoms with E-state index < -0.39 is 72.8 Å². The second kappa shape index (κ2) is 14.6. The number of hydrogen-bond donors (Lipinski definition) is 8. The Morgan fingerprint density at radius 3 is 2.31 bits per heavy atom. The standard InChI is InChI=1S/C24H34N6O9/c25-15(12-31)23(37)30-9-1-2-18(30)22(36)29-16(7-8-19(26)33)21(35)27-11-20(34)28-17(24(38)39)10-13-3-5-14(32)6-4-13/h3-6,15-18,31-32H,1-2,7-12,25H2,(H2,26,33)(H,27,35)(H,28,34)(H,29,36)(H,38,39)/t15-,16-,17-,18-/m0/s1. The van der Waals surface area contributed by atoms with E-state index in [2.05, 4.69) is 16.0 Å². The zero-order valence-electron chi connectivity index (χ0n) is 21.2. The van der Waals surface area contributed by atoms with Gasteiger partial charge >= 0.3 is 5.97 Å². The zero-order valence-corrected chi connectivity index (χ0v) is 21.2. The first-order chi connectivity index (χ1) is 18.4. The van der Waals surface area contributed by atoms with Gasteiger partial charge in [-0.05, 0) is 37.0 Å². The van der Waals surface area contributed by atoms with Gasteiger partial charge in [-0.1, -0.05) is 12.1 Å². The van der Waals surface area contributed by atoms with Gasteiger partial charge in [0.25, 0.3) is 0 Å². The number of aliphatic carboxylic acids is 1. The topological polar surface area (TPSA) is 254 Å². The molecule has 0 unspecified atom stereocenters. The summed E-state index contributed by atoms with van der Waals surface area (Å²) in [6.07, 6.45) is 0.253. The van der Waals surface area contributed by atoms with Gasteiger partial charge in [-0.25, -0.2) is 4.79 Å². The highest BCUT2D eigenvalue weighted by Gasteiger charge is 2.37. The van der Waals surface area contributed by atoms with Gasteiger partial charge in [0.15, 0.2) is 0 Å². The first-order valence-corrected chi connectivity index (χ1v) is 12.3. The van der Waals surface area contributed by atoms with Crippen LogP contribution in [0.5, 0.6) is 5.75 Å². The fraction of sp³-hybridized carbons (Fsp3) is 0.500. The van der Waals surface area contributed by atoms with Crippen LogP contribution in [-0.2, 0) is 35.2 Å². The molecule has 0 aromatic heterocycles. The molecule has 1 aromatic rings. The normalized spacial score (nSPS) is 17.0. The van der Waals surface area contributed by atoms with Gasteiger partial charge < -0.3 is 47.6 Å². The largest absolute Gasteiger partial charge is 0.508 e. The summed E-state index contributed by atoms with van der Waals surface area (Å²) >= 11 is 0. The second-order valence-corrected chi connectivity index (χ2v) is 9.09. The van der Waals surface area contributed by atoms with E-state index in [0.29, 0.717) is 18.4 Å². The van der Waals surface area contributed by atoms with E-state index in [4.69, 9.17) is 16.6 Å². The fourth-order valence-electron chi connectivity index (χ4n) is 4.02. The number of hydrogen-bond acceptors (Lipinski definition) is 9. The lowest BCUT2D eigenvalue weighted by Gasteiger charge is -2.27. The van der Waals surface area contributed by atoms with Gasteiger partial charge in [0.2, 0.25) is 29.5 Å². The summed E-state index contributed by atoms with van der Waals surface area (Å²) in [5.74, 6) is -4.99. The van der Waals surface area contributed by atoms with Crippen LogP contribution in [0.4, 0.5) is 0 Å². The average Bonchev–Trinajstić information content (AvgIpc) is 3.39. The third-order valence-electron chi connectivity index (χ3n) is 6.10. The summed E-state index contributed by atoms with van der Waals surface area (Å²) in [6, 6.07) is 1.00. The van der Waals surface area contributed by atoms with Crippen LogP contribution in [0.1, 0.15) is 31.2 Å². The van der Waals surface area contributed by atoms with Gasteiger partial charge in [-0.3, -0.25) is 24.0 Å². The Kier molecular flexibility index (Phi) is 11.6. The number of phenols is 1. The lowest BCUT2D eigenvalue weighted by molar-refractivity contribution is -0.141. The van der Waals surface area contributed by atoms with Crippen LogP contribution in [0.25, 0.3) is 0 Å².